The van der Waals surface area contributed by atoms with Crippen molar-refractivity contribution in [1.82, 2.24) is 4.90 Å². The Hall–Kier alpha value is -1.85. The van der Waals surface area contributed by atoms with Crippen LogP contribution in [0.25, 0.3) is 0 Å². The van der Waals surface area contributed by atoms with Gasteiger partial charge >= 0.3 is 0 Å². The van der Waals surface area contributed by atoms with Crippen LogP contribution in [0, 0.1) is 0 Å². The summed E-state index contributed by atoms with van der Waals surface area (Å²) in [7, 11) is 0. The number of carbonyl (C=O) groups is 2. The molecule has 0 N–H and O–H groups in total. The van der Waals surface area contributed by atoms with E-state index in [1.54, 1.807) is 12.2 Å². The fourth-order valence-corrected chi connectivity index (χ4v) is 4.05. The second-order valence-corrected chi connectivity index (χ2v) is 7.52. The summed E-state index contributed by atoms with van der Waals surface area (Å²) in [4.78, 5) is 29.9. The van der Waals surface area contributed by atoms with Crippen LogP contribution in [0.15, 0.2) is 54.0 Å². The summed E-state index contributed by atoms with van der Waals surface area (Å²) in [5.41, 5.74) is 0.983. The van der Waals surface area contributed by atoms with Gasteiger partial charge in [0, 0.05) is 44.2 Å². The van der Waals surface area contributed by atoms with Crippen LogP contribution in [0.3, 0.4) is 0 Å². The zero-order valence-electron chi connectivity index (χ0n) is 16.4. The van der Waals surface area contributed by atoms with Gasteiger partial charge in [0.15, 0.2) is 5.78 Å². The Morgan fingerprint density at radius 2 is 1.93 bits per heavy atom. The predicted octanol–water partition coefficient (Wildman–Crippen LogP) is 4.29. The number of likely N-dealkylation sites (tertiary alicyclic amines) is 1. The SMILES string of the molecule is C=C/C=C(\SC)C(=O)CCN1CCC(N(C(=O)CC)c2ccccc2)CC1. The van der Waals surface area contributed by atoms with Crippen LogP contribution in [0.5, 0.6) is 0 Å². The first-order chi connectivity index (χ1) is 13.1. The number of hydrogen-bond donors (Lipinski definition) is 0. The van der Waals surface area contributed by atoms with Crippen LogP contribution in [-0.4, -0.2) is 48.5 Å². The van der Waals surface area contributed by atoms with Gasteiger partial charge in [-0.05, 0) is 37.3 Å². The number of thioether (sulfide) groups is 1. The smallest absolute Gasteiger partial charge is 0.226 e. The molecule has 1 heterocycles. The monoisotopic (exact) mass is 386 g/mol. The van der Waals surface area contributed by atoms with Gasteiger partial charge in [-0.15, -0.1) is 11.8 Å². The average molecular weight is 387 g/mol. The van der Waals surface area contributed by atoms with Crippen molar-refractivity contribution in [2.24, 2.45) is 0 Å². The number of anilines is 1. The summed E-state index contributed by atoms with van der Waals surface area (Å²) < 4.78 is 0. The van der Waals surface area contributed by atoms with Gasteiger partial charge in [0.1, 0.15) is 0 Å². The highest BCUT2D eigenvalue weighted by Crippen LogP contribution is 2.25. The number of piperidine rings is 1. The molecule has 0 aliphatic carbocycles. The lowest BCUT2D eigenvalue weighted by Gasteiger charge is -2.38. The lowest BCUT2D eigenvalue weighted by molar-refractivity contribution is -0.119. The first kappa shape index (κ1) is 21.5. The van der Waals surface area contributed by atoms with Gasteiger partial charge in [-0.3, -0.25) is 9.59 Å². The Bertz CT molecular complexity index is 664. The summed E-state index contributed by atoms with van der Waals surface area (Å²) in [6.45, 7) is 8.18. The van der Waals surface area contributed by atoms with Crippen molar-refractivity contribution >= 4 is 29.1 Å². The molecule has 146 valence electrons. The van der Waals surface area contributed by atoms with Crippen LogP contribution in [0.4, 0.5) is 5.69 Å². The van der Waals surface area contributed by atoms with E-state index in [1.165, 1.54) is 11.8 Å². The van der Waals surface area contributed by atoms with Crippen molar-refractivity contribution in [2.75, 3.05) is 30.8 Å². The molecule has 1 saturated heterocycles. The standard InChI is InChI=1S/C22H30N2O2S/c1-4-9-21(27-3)20(25)14-17-23-15-12-19(13-16-23)24(22(26)5-2)18-10-7-6-8-11-18/h4,6-11,19H,1,5,12-17H2,2-3H3/b21-9-. The van der Waals surface area contributed by atoms with Gasteiger partial charge in [0.2, 0.25) is 5.91 Å². The molecular formula is C22H30N2O2S. The van der Waals surface area contributed by atoms with Crippen molar-refractivity contribution in [1.29, 1.82) is 0 Å². The van der Waals surface area contributed by atoms with Gasteiger partial charge in [0.25, 0.3) is 0 Å². The lowest BCUT2D eigenvalue weighted by Crippen LogP contribution is -2.47. The molecule has 0 radical (unpaired) electrons. The zero-order chi connectivity index (χ0) is 19.6. The summed E-state index contributed by atoms with van der Waals surface area (Å²) in [5.74, 6) is 0.352. The van der Waals surface area contributed by atoms with E-state index in [0.717, 1.165) is 43.1 Å². The third kappa shape index (κ3) is 6.08. The van der Waals surface area contributed by atoms with Crippen molar-refractivity contribution in [3.63, 3.8) is 0 Å². The molecule has 0 atom stereocenters. The highest BCUT2D eigenvalue weighted by atomic mass is 32.2. The Balaban J connectivity index is 1.91. The van der Waals surface area contributed by atoms with E-state index in [1.807, 2.05) is 48.4 Å². The van der Waals surface area contributed by atoms with Crippen molar-refractivity contribution < 1.29 is 9.59 Å². The molecule has 0 aromatic heterocycles. The first-order valence-corrected chi connectivity index (χ1v) is 10.8. The number of amides is 1. The van der Waals surface area contributed by atoms with Crippen LogP contribution < -0.4 is 4.90 Å². The number of ketones is 1. The molecule has 1 aliphatic rings. The maximum atomic E-state index is 12.5. The number of rotatable bonds is 9. The topological polar surface area (TPSA) is 40.6 Å². The van der Waals surface area contributed by atoms with E-state index in [0.29, 0.717) is 12.8 Å². The quantitative estimate of drug-likeness (QED) is 0.469. The normalized spacial score (nSPS) is 16.1. The Morgan fingerprint density at radius 3 is 2.48 bits per heavy atom. The second-order valence-electron chi connectivity index (χ2n) is 6.67. The molecule has 1 fully saturated rings. The fourth-order valence-electron chi connectivity index (χ4n) is 3.48. The van der Waals surface area contributed by atoms with Gasteiger partial charge < -0.3 is 9.80 Å². The van der Waals surface area contributed by atoms with Gasteiger partial charge in [-0.2, -0.15) is 0 Å². The minimum atomic E-state index is 0.175. The molecule has 1 aromatic carbocycles. The van der Waals surface area contributed by atoms with Crippen LogP contribution in [0.1, 0.15) is 32.6 Å². The Kier molecular flexibility index (Phi) is 8.82. The zero-order valence-corrected chi connectivity index (χ0v) is 17.2. The summed E-state index contributed by atoms with van der Waals surface area (Å²) >= 11 is 1.47. The van der Waals surface area contributed by atoms with Gasteiger partial charge in [-0.1, -0.05) is 37.8 Å². The number of carbonyl (C=O) groups excluding carboxylic acids is 2. The minimum Gasteiger partial charge on any atom is -0.309 e. The van der Waals surface area contributed by atoms with E-state index in [9.17, 15) is 9.59 Å². The van der Waals surface area contributed by atoms with Crippen LogP contribution >= 0.6 is 11.8 Å². The molecule has 5 heteroatoms. The molecule has 27 heavy (non-hydrogen) atoms. The van der Waals surface area contributed by atoms with Crippen molar-refractivity contribution in [3.05, 3.63) is 54.0 Å². The minimum absolute atomic E-state index is 0.175. The molecule has 2 rings (SSSR count). The molecule has 4 nitrogen and oxygen atoms in total. The van der Waals surface area contributed by atoms with Crippen LogP contribution in [-0.2, 0) is 9.59 Å². The number of benzene rings is 1. The second kappa shape index (κ2) is 11.1. The third-order valence-electron chi connectivity index (χ3n) is 4.95. The molecule has 0 unspecified atom stereocenters. The van der Waals surface area contributed by atoms with Crippen molar-refractivity contribution in [3.8, 4) is 0 Å². The molecule has 1 aliphatic heterocycles. The number of nitrogens with zero attached hydrogens (tertiary/aromatic N) is 2. The summed E-state index contributed by atoms with van der Waals surface area (Å²) in [6.07, 6.45) is 8.28. The molecule has 1 amide bonds. The van der Waals surface area contributed by atoms with E-state index in [2.05, 4.69) is 11.5 Å². The van der Waals surface area contributed by atoms with Gasteiger partial charge in [-0.25, -0.2) is 0 Å². The predicted molar refractivity (Wildman–Crippen MR) is 115 cm³/mol. The average Bonchev–Trinajstić information content (AvgIpc) is 2.72. The highest BCUT2D eigenvalue weighted by molar-refractivity contribution is 8.03. The Morgan fingerprint density at radius 1 is 1.26 bits per heavy atom. The summed E-state index contributed by atoms with van der Waals surface area (Å²) in [5, 5.41) is 0. The maximum Gasteiger partial charge on any atom is 0.226 e. The van der Waals surface area contributed by atoms with Crippen molar-refractivity contribution in [2.45, 2.75) is 38.6 Å². The lowest BCUT2D eigenvalue weighted by atomic mass is 10.0. The molecular weight excluding hydrogens is 356 g/mol. The van der Waals surface area contributed by atoms with E-state index < -0.39 is 0 Å². The fraction of sp³-hybridized carbons (Fsp3) is 0.455. The molecule has 0 saturated carbocycles. The highest BCUT2D eigenvalue weighted by Gasteiger charge is 2.28. The van der Waals surface area contributed by atoms with E-state index in [-0.39, 0.29) is 17.7 Å². The molecule has 1 aromatic rings. The Labute approximate surface area is 167 Å². The number of Topliss-reactive ketones (excluding diaryl/α,β-unsaturated/α-hetero) is 1. The molecule has 0 bridgehead atoms. The molecule has 0 spiro atoms. The van der Waals surface area contributed by atoms with E-state index in [4.69, 9.17) is 0 Å². The maximum absolute atomic E-state index is 12.5. The first-order valence-electron chi connectivity index (χ1n) is 9.60. The van der Waals surface area contributed by atoms with Gasteiger partial charge in [0.05, 0.1) is 4.91 Å². The number of hydrogen-bond acceptors (Lipinski definition) is 4. The largest absolute Gasteiger partial charge is 0.309 e. The summed E-state index contributed by atoms with van der Waals surface area (Å²) in [6, 6.07) is 10.2. The third-order valence-corrected chi connectivity index (χ3v) is 5.75. The number of allylic oxidation sites excluding steroid dienone is 3. The van der Waals surface area contributed by atoms with Crippen LogP contribution in [0.2, 0.25) is 0 Å². The number of para-hydroxylation sites is 1. The van der Waals surface area contributed by atoms with E-state index >= 15 is 0 Å².